The summed E-state index contributed by atoms with van der Waals surface area (Å²) in [6, 6.07) is 3.69. The summed E-state index contributed by atoms with van der Waals surface area (Å²) in [6.45, 7) is 1.97. The van der Waals surface area contributed by atoms with Crippen molar-refractivity contribution in [2.24, 2.45) is 7.05 Å². The second-order valence-corrected chi connectivity index (χ2v) is 6.34. The SMILES string of the molecule is CCOc1ccc(S(=O)(=O)NCc2cnnn2C)cc1C(=O)O. The van der Waals surface area contributed by atoms with Crippen LogP contribution >= 0.6 is 0 Å². The fourth-order valence-corrected chi connectivity index (χ4v) is 2.87. The number of ether oxygens (including phenoxy) is 1. The van der Waals surface area contributed by atoms with Crippen LogP contribution in [0.5, 0.6) is 5.75 Å². The van der Waals surface area contributed by atoms with Crippen molar-refractivity contribution in [3.63, 3.8) is 0 Å². The monoisotopic (exact) mass is 340 g/mol. The third-order valence-corrected chi connectivity index (χ3v) is 4.44. The second kappa shape index (κ2) is 6.75. The van der Waals surface area contributed by atoms with Gasteiger partial charge in [0.1, 0.15) is 11.3 Å². The minimum atomic E-state index is -3.88. The number of hydrogen-bond donors (Lipinski definition) is 2. The van der Waals surface area contributed by atoms with E-state index in [-0.39, 0.29) is 29.4 Å². The molecule has 23 heavy (non-hydrogen) atoms. The van der Waals surface area contributed by atoms with E-state index < -0.39 is 16.0 Å². The van der Waals surface area contributed by atoms with Gasteiger partial charge in [-0.2, -0.15) is 0 Å². The van der Waals surface area contributed by atoms with Gasteiger partial charge in [0.25, 0.3) is 0 Å². The number of carboxylic acid groups (broad SMARTS) is 1. The van der Waals surface area contributed by atoms with Gasteiger partial charge < -0.3 is 9.84 Å². The normalized spacial score (nSPS) is 11.4. The number of hydrogen-bond acceptors (Lipinski definition) is 6. The Morgan fingerprint density at radius 1 is 1.43 bits per heavy atom. The van der Waals surface area contributed by atoms with Gasteiger partial charge in [0.2, 0.25) is 10.0 Å². The van der Waals surface area contributed by atoms with Gasteiger partial charge in [0, 0.05) is 7.05 Å². The summed E-state index contributed by atoms with van der Waals surface area (Å²) in [5.74, 6) is -1.14. The molecular weight excluding hydrogens is 324 g/mol. The number of carboxylic acids is 1. The molecule has 0 fully saturated rings. The van der Waals surface area contributed by atoms with E-state index in [1.54, 1.807) is 14.0 Å². The van der Waals surface area contributed by atoms with Gasteiger partial charge in [-0.3, -0.25) is 4.68 Å². The summed E-state index contributed by atoms with van der Waals surface area (Å²) < 4.78 is 33.6. The predicted molar refractivity (Wildman–Crippen MR) is 79.6 cm³/mol. The first-order chi connectivity index (χ1) is 10.8. The summed E-state index contributed by atoms with van der Waals surface area (Å²) >= 11 is 0. The number of aryl methyl sites for hydroxylation is 1. The van der Waals surface area contributed by atoms with E-state index in [1.807, 2.05) is 0 Å². The lowest BCUT2D eigenvalue weighted by molar-refractivity contribution is 0.0692. The van der Waals surface area contributed by atoms with Gasteiger partial charge in [-0.05, 0) is 25.1 Å². The van der Waals surface area contributed by atoms with Gasteiger partial charge in [-0.1, -0.05) is 5.21 Å². The molecule has 0 saturated carbocycles. The molecule has 0 bridgehead atoms. The van der Waals surface area contributed by atoms with E-state index in [2.05, 4.69) is 15.0 Å². The van der Waals surface area contributed by atoms with Crippen LogP contribution in [0.15, 0.2) is 29.3 Å². The Hall–Kier alpha value is -2.46. The molecule has 0 unspecified atom stereocenters. The Morgan fingerprint density at radius 3 is 2.74 bits per heavy atom. The molecule has 124 valence electrons. The maximum atomic E-state index is 12.3. The number of carbonyl (C=O) groups is 1. The molecule has 2 aromatic rings. The maximum Gasteiger partial charge on any atom is 0.339 e. The average Bonchev–Trinajstić information content (AvgIpc) is 2.91. The summed E-state index contributed by atoms with van der Waals surface area (Å²) in [5, 5.41) is 16.5. The zero-order valence-corrected chi connectivity index (χ0v) is 13.4. The van der Waals surface area contributed by atoms with E-state index in [0.717, 1.165) is 6.07 Å². The van der Waals surface area contributed by atoms with Crippen LogP contribution in [0.3, 0.4) is 0 Å². The molecule has 9 nitrogen and oxygen atoms in total. The summed E-state index contributed by atoms with van der Waals surface area (Å²) in [4.78, 5) is 11.1. The van der Waals surface area contributed by atoms with Crippen molar-refractivity contribution in [1.29, 1.82) is 0 Å². The van der Waals surface area contributed by atoms with Crippen molar-refractivity contribution in [3.8, 4) is 5.75 Å². The minimum Gasteiger partial charge on any atom is -0.493 e. The molecule has 0 amide bonds. The average molecular weight is 340 g/mol. The summed E-state index contributed by atoms with van der Waals surface area (Å²) in [6.07, 6.45) is 1.43. The van der Waals surface area contributed by atoms with Crippen LogP contribution in [0.25, 0.3) is 0 Å². The number of aromatic carboxylic acids is 1. The highest BCUT2D eigenvalue weighted by molar-refractivity contribution is 7.89. The molecule has 0 aliphatic rings. The second-order valence-electron chi connectivity index (χ2n) is 4.57. The Kier molecular flexibility index (Phi) is 4.96. The smallest absolute Gasteiger partial charge is 0.339 e. The van der Waals surface area contributed by atoms with Crippen LogP contribution in [0, 0.1) is 0 Å². The largest absolute Gasteiger partial charge is 0.493 e. The van der Waals surface area contributed by atoms with Gasteiger partial charge in [-0.25, -0.2) is 17.9 Å². The molecule has 2 rings (SSSR count). The third-order valence-electron chi connectivity index (χ3n) is 3.04. The molecule has 0 saturated heterocycles. The van der Waals surface area contributed by atoms with Crippen LogP contribution in [0.4, 0.5) is 0 Å². The highest BCUT2D eigenvalue weighted by Gasteiger charge is 2.20. The molecule has 1 aromatic heterocycles. The fraction of sp³-hybridized carbons (Fsp3) is 0.308. The summed E-state index contributed by atoms with van der Waals surface area (Å²) in [5.41, 5.74) is 0.356. The van der Waals surface area contributed by atoms with Crippen molar-refractivity contribution in [3.05, 3.63) is 35.7 Å². The number of benzene rings is 1. The van der Waals surface area contributed by atoms with Crippen LogP contribution in [0.2, 0.25) is 0 Å². The molecule has 0 aliphatic heterocycles. The Morgan fingerprint density at radius 2 is 2.17 bits per heavy atom. The topological polar surface area (TPSA) is 123 Å². The molecule has 10 heteroatoms. The molecule has 2 N–H and O–H groups in total. The lowest BCUT2D eigenvalue weighted by Crippen LogP contribution is -2.24. The zero-order chi connectivity index (χ0) is 17.0. The van der Waals surface area contributed by atoms with Crippen LogP contribution in [-0.4, -0.2) is 41.1 Å². The maximum absolute atomic E-state index is 12.3. The van der Waals surface area contributed by atoms with Crippen molar-refractivity contribution < 1.29 is 23.1 Å². The highest BCUT2D eigenvalue weighted by Crippen LogP contribution is 2.23. The number of aromatic nitrogens is 3. The quantitative estimate of drug-likeness (QED) is 0.747. The van der Waals surface area contributed by atoms with Gasteiger partial charge >= 0.3 is 5.97 Å². The Labute approximate surface area is 132 Å². The van der Waals surface area contributed by atoms with E-state index in [1.165, 1.54) is 23.0 Å². The van der Waals surface area contributed by atoms with Crippen molar-refractivity contribution >= 4 is 16.0 Å². The third kappa shape index (κ3) is 3.85. The molecule has 0 atom stereocenters. The lowest BCUT2D eigenvalue weighted by atomic mass is 10.2. The van der Waals surface area contributed by atoms with Gasteiger partial charge in [0.15, 0.2) is 0 Å². The number of sulfonamides is 1. The first kappa shape index (κ1) is 16.9. The summed E-state index contributed by atoms with van der Waals surface area (Å²) in [7, 11) is -2.24. The van der Waals surface area contributed by atoms with E-state index in [0.29, 0.717) is 5.69 Å². The van der Waals surface area contributed by atoms with E-state index >= 15 is 0 Å². The standard InChI is InChI=1S/C13H16N4O5S/c1-3-22-12-5-4-10(6-11(12)13(18)19)23(20,21)15-8-9-7-14-16-17(9)2/h4-7,15H,3,8H2,1-2H3,(H,18,19). The first-order valence-electron chi connectivity index (χ1n) is 6.68. The van der Waals surface area contributed by atoms with Gasteiger partial charge in [-0.15, -0.1) is 5.10 Å². The van der Waals surface area contributed by atoms with Gasteiger partial charge in [0.05, 0.1) is 29.9 Å². The zero-order valence-electron chi connectivity index (χ0n) is 12.6. The van der Waals surface area contributed by atoms with Crippen LogP contribution in [0.1, 0.15) is 23.0 Å². The number of rotatable bonds is 7. The Bertz CT molecular complexity index is 816. The molecule has 1 aromatic carbocycles. The minimum absolute atomic E-state index is 0.0125. The van der Waals surface area contributed by atoms with Crippen molar-refractivity contribution in [2.75, 3.05) is 6.61 Å². The van der Waals surface area contributed by atoms with Crippen molar-refractivity contribution in [2.45, 2.75) is 18.4 Å². The van der Waals surface area contributed by atoms with Crippen molar-refractivity contribution in [1.82, 2.24) is 19.7 Å². The molecule has 0 spiro atoms. The molecule has 1 heterocycles. The van der Waals surface area contributed by atoms with E-state index in [4.69, 9.17) is 4.74 Å². The Balaban J connectivity index is 2.27. The lowest BCUT2D eigenvalue weighted by Gasteiger charge is -2.10. The fourth-order valence-electron chi connectivity index (χ4n) is 1.85. The molecule has 0 radical (unpaired) electrons. The first-order valence-corrected chi connectivity index (χ1v) is 8.17. The molecular formula is C13H16N4O5S. The number of nitrogens with zero attached hydrogens (tertiary/aromatic N) is 3. The molecule has 0 aliphatic carbocycles. The van der Waals surface area contributed by atoms with E-state index in [9.17, 15) is 18.3 Å². The van der Waals surface area contributed by atoms with Crippen LogP contribution in [-0.2, 0) is 23.6 Å². The predicted octanol–water partition coefficient (Wildman–Crippen LogP) is 0.390. The highest BCUT2D eigenvalue weighted by atomic mass is 32.2. The number of nitrogens with one attached hydrogen (secondary N) is 1. The van der Waals surface area contributed by atoms with Crippen LogP contribution < -0.4 is 9.46 Å².